The zero-order chi connectivity index (χ0) is 15.5. The lowest BCUT2D eigenvalue weighted by Gasteiger charge is -2.30. The van der Waals surface area contributed by atoms with Gasteiger partial charge in [-0.05, 0) is 38.3 Å². The van der Waals surface area contributed by atoms with Gasteiger partial charge in [0.1, 0.15) is 5.75 Å². The van der Waals surface area contributed by atoms with E-state index in [1.165, 1.54) is 0 Å². The van der Waals surface area contributed by atoms with Crippen molar-refractivity contribution in [3.8, 4) is 5.75 Å². The normalized spacial score (nSPS) is 18.8. The van der Waals surface area contributed by atoms with Gasteiger partial charge in [-0.3, -0.25) is 4.79 Å². The van der Waals surface area contributed by atoms with E-state index < -0.39 is 5.54 Å². The molecule has 1 aliphatic rings. The molecule has 0 spiro atoms. The molecule has 5 heteroatoms. The van der Waals surface area contributed by atoms with Crippen molar-refractivity contribution < 1.29 is 9.53 Å². The molecule has 4 nitrogen and oxygen atoms in total. The number of thioether (sulfide) groups is 1. The van der Waals surface area contributed by atoms with E-state index >= 15 is 0 Å². The van der Waals surface area contributed by atoms with Crippen LogP contribution < -0.4 is 15.8 Å². The van der Waals surface area contributed by atoms with Gasteiger partial charge in [-0.2, -0.15) is 0 Å². The third kappa shape index (κ3) is 4.38. The Balaban J connectivity index is 2.01. The average molecular weight is 308 g/mol. The highest BCUT2D eigenvalue weighted by Gasteiger charge is 2.38. The third-order valence-electron chi connectivity index (χ3n) is 3.74. The number of hydrogen-bond acceptors (Lipinski definition) is 4. The number of primary amides is 1. The summed E-state index contributed by atoms with van der Waals surface area (Å²) in [5.41, 5.74) is 4.97. The fraction of sp³-hybridized carbons (Fsp3) is 0.562. The maximum Gasteiger partial charge on any atom is 0.237 e. The van der Waals surface area contributed by atoms with Gasteiger partial charge >= 0.3 is 0 Å². The first kappa shape index (κ1) is 16.2. The van der Waals surface area contributed by atoms with Crippen LogP contribution in [0.25, 0.3) is 0 Å². The Morgan fingerprint density at radius 3 is 2.76 bits per heavy atom. The van der Waals surface area contributed by atoms with Gasteiger partial charge in [-0.25, -0.2) is 0 Å². The molecular weight excluding hydrogens is 284 g/mol. The molecule has 2 atom stereocenters. The molecule has 1 aromatic rings. The molecule has 1 saturated carbocycles. The number of rotatable bonds is 8. The van der Waals surface area contributed by atoms with Crippen molar-refractivity contribution in [1.82, 2.24) is 5.32 Å². The van der Waals surface area contributed by atoms with Gasteiger partial charge < -0.3 is 15.8 Å². The van der Waals surface area contributed by atoms with Crippen LogP contribution in [0.2, 0.25) is 0 Å². The number of amides is 1. The van der Waals surface area contributed by atoms with Gasteiger partial charge in [0.05, 0.1) is 12.6 Å². The summed E-state index contributed by atoms with van der Waals surface area (Å²) >= 11 is 1.71. The maximum atomic E-state index is 11.8. The van der Waals surface area contributed by atoms with Crippen LogP contribution in [-0.4, -0.2) is 29.8 Å². The molecule has 0 saturated heterocycles. The van der Waals surface area contributed by atoms with E-state index in [2.05, 4.69) is 12.2 Å². The summed E-state index contributed by atoms with van der Waals surface area (Å²) in [5.74, 6) is 0.590. The Morgan fingerprint density at radius 2 is 2.19 bits per heavy atom. The second-order valence-electron chi connectivity index (χ2n) is 5.90. The number of hydrogen-bond donors (Lipinski definition) is 2. The van der Waals surface area contributed by atoms with Crippen molar-refractivity contribution >= 4 is 17.7 Å². The molecule has 0 radical (unpaired) electrons. The van der Waals surface area contributed by atoms with Crippen molar-refractivity contribution in [1.29, 1.82) is 0 Å². The summed E-state index contributed by atoms with van der Waals surface area (Å²) in [6.45, 7) is 4.03. The monoisotopic (exact) mass is 308 g/mol. The highest BCUT2D eigenvalue weighted by Crippen LogP contribution is 2.35. The largest absolute Gasteiger partial charge is 0.496 e. The number of nitrogens with one attached hydrogen (secondary N) is 1. The second kappa shape index (κ2) is 6.71. The van der Waals surface area contributed by atoms with E-state index in [9.17, 15) is 4.79 Å². The topological polar surface area (TPSA) is 64.3 Å². The Hall–Kier alpha value is -1.20. The van der Waals surface area contributed by atoms with Crippen molar-refractivity contribution in [3.05, 3.63) is 24.3 Å². The minimum atomic E-state index is -0.643. The molecule has 2 unspecified atom stereocenters. The molecule has 0 heterocycles. The van der Waals surface area contributed by atoms with Crippen molar-refractivity contribution in [2.75, 3.05) is 7.11 Å². The SMILES string of the molecule is COc1ccccc1SC(C)CC(C)(NC1CC1)C(N)=O. The van der Waals surface area contributed by atoms with E-state index in [1.807, 2.05) is 31.2 Å². The molecule has 116 valence electrons. The first-order valence-electron chi connectivity index (χ1n) is 7.32. The van der Waals surface area contributed by atoms with E-state index in [1.54, 1.807) is 18.9 Å². The minimum Gasteiger partial charge on any atom is -0.496 e. The Kier molecular flexibility index (Phi) is 5.17. The zero-order valence-corrected chi connectivity index (χ0v) is 13.7. The highest BCUT2D eigenvalue weighted by atomic mass is 32.2. The Bertz CT molecular complexity index is 505. The predicted octanol–water partition coefficient (Wildman–Crippen LogP) is 2.56. The van der Waals surface area contributed by atoms with Gasteiger partial charge in [0.2, 0.25) is 5.91 Å². The average Bonchev–Trinajstić information content (AvgIpc) is 3.22. The first-order chi connectivity index (χ1) is 9.94. The number of methoxy groups -OCH3 is 1. The van der Waals surface area contributed by atoms with Crippen molar-refractivity contribution in [3.63, 3.8) is 0 Å². The van der Waals surface area contributed by atoms with Crippen molar-refractivity contribution in [2.45, 2.75) is 54.8 Å². The van der Waals surface area contributed by atoms with Crippen LogP contribution in [0.5, 0.6) is 5.75 Å². The molecule has 2 rings (SSSR count). The summed E-state index contributed by atoms with van der Waals surface area (Å²) in [5, 5.41) is 3.65. The number of carbonyl (C=O) groups excluding carboxylic acids is 1. The van der Waals surface area contributed by atoms with Crippen molar-refractivity contribution in [2.24, 2.45) is 5.73 Å². The molecule has 1 amide bonds. The lowest BCUT2D eigenvalue weighted by molar-refractivity contribution is -0.124. The summed E-state index contributed by atoms with van der Waals surface area (Å²) in [4.78, 5) is 12.9. The summed E-state index contributed by atoms with van der Waals surface area (Å²) < 4.78 is 5.37. The number of ether oxygens (including phenoxy) is 1. The van der Waals surface area contributed by atoms with Gasteiger partial charge in [0, 0.05) is 16.2 Å². The van der Waals surface area contributed by atoms with Crippen LogP contribution in [0, 0.1) is 0 Å². The molecule has 1 aromatic carbocycles. The standard InChI is InChI=1S/C16H24N2O2S/c1-11(21-14-7-5-4-6-13(14)20-3)10-16(2,15(17)19)18-12-8-9-12/h4-7,11-12,18H,8-10H2,1-3H3,(H2,17,19). The summed E-state index contributed by atoms with van der Waals surface area (Å²) in [7, 11) is 1.67. The van der Waals surface area contributed by atoms with E-state index in [0.29, 0.717) is 12.5 Å². The van der Waals surface area contributed by atoms with Crippen LogP contribution in [0.4, 0.5) is 0 Å². The fourth-order valence-corrected chi connectivity index (χ4v) is 3.73. The Labute approximate surface area is 130 Å². The number of para-hydroxylation sites is 1. The smallest absolute Gasteiger partial charge is 0.237 e. The molecule has 3 N–H and O–H groups in total. The third-order valence-corrected chi connectivity index (χ3v) is 4.90. The fourth-order valence-electron chi connectivity index (χ4n) is 2.46. The first-order valence-corrected chi connectivity index (χ1v) is 8.20. The van der Waals surface area contributed by atoms with E-state index in [0.717, 1.165) is 23.5 Å². The highest BCUT2D eigenvalue weighted by molar-refractivity contribution is 8.00. The number of carbonyl (C=O) groups is 1. The lowest BCUT2D eigenvalue weighted by atomic mass is 9.95. The van der Waals surface area contributed by atoms with Gasteiger partial charge in [-0.15, -0.1) is 11.8 Å². The maximum absolute atomic E-state index is 11.8. The van der Waals surface area contributed by atoms with E-state index in [-0.39, 0.29) is 11.2 Å². The summed E-state index contributed by atoms with van der Waals surface area (Å²) in [6.07, 6.45) is 2.97. The zero-order valence-electron chi connectivity index (χ0n) is 12.9. The van der Waals surface area contributed by atoms with Gasteiger partial charge in [-0.1, -0.05) is 19.1 Å². The van der Waals surface area contributed by atoms with Gasteiger partial charge in [0.15, 0.2) is 0 Å². The van der Waals surface area contributed by atoms with E-state index in [4.69, 9.17) is 10.5 Å². The quantitative estimate of drug-likeness (QED) is 0.725. The number of benzene rings is 1. The number of nitrogens with two attached hydrogens (primary N) is 1. The second-order valence-corrected chi connectivity index (χ2v) is 7.38. The molecule has 21 heavy (non-hydrogen) atoms. The van der Waals surface area contributed by atoms with Crippen LogP contribution in [0.15, 0.2) is 29.2 Å². The lowest BCUT2D eigenvalue weighted by Crippen LogP contribution is -2.55. The van der Waals surface area contributed by atoms with Crippen LogP contribution in [0.3, 0.4) is 0 Å². The molecule has 0 bridgehead atoms. The van der Waals surface area contributed by atoms with Crippen LogP contribution in [0.1, 0.15) is 33.1 Å². The molecule has 1 aliphatic carbocycles. The Morgan fingerprint density at radius 1 is 1.52 bits per heavy atom. The summed E-state index contributed by atoms with van der Waals surface area (Å²) in [6, 6.07) is 8.38. The van der Waals surface area contributed by atoms with Gasteiger partial charge in [0.25, 0.3) is 0 Å². The minimum absolute atomic E-state index is 0.255. The molecule has 0 aromatic heterocycles. The van der Waals surface area contributed by atoms with Crippen LogP contribution in [-0.2, 0) is 4.79 Å². The van der Waals surface area contributed by atoms with Crippen LogP contribution >= 0.6 is 11.8 Å². The predicted molar refractivity (Wildman–Crippen MR) is 86.7 cm³/mol. The molecule has 0 aliphatic heterocycles. The molecule has 1 fully saturated rings. The molecular formula is C16H24N2O2S.